The summed E-state index contributed by atoms with van der Waals surface area (Å²) in [6.07, 6.45) is 0.594. The molecule has 0 fully saturated rings. The van der Waals surface area contributed by atoms with Gasteiger partial charge in [-0.1, -0.05) is 6.07 Å². The molecule has 7 heteroatoms. The minimum Gasteiger partial charge on any atom is -0.496 e. The Morgan fingerprint density at radius 3 is 1.84 bits per heavy atom. The number of pyridine rings is 4. The molecule has 0 saturated carbocycles. The number of methoxy groups -OCH3 is 2. The van der Waals surface area contributed by atoms with Gasteiger partial charge in [-0.3, -0.25) is 19.9 Å². The summed E-state index contributed by atoms with van der Waals surface area (Å²) in [6.45, 7) is 6.38. The molecule has 0 aliphatic heterocycles. The van der Waals surface area contributed by atoms with Crippen LogP contribution < -0.4 is 14.2 Å². The van der Waals surface area contributed by atoms with Crippen LogP contribution in [0.4, 0.5) is 0 Å². The molecule has 4 aromatic heterocycles. The molecular formula is C31H28N4O3. The van der Waals surface area contributed by atoms with Crippen molar-refractivity contribution in [3.8, 4) is 17.2 Å². The molecule has 2 aromatic carbocycles. The molecule has 0 saturated heterocycles. The number of fused-ring (bicyclic) bond motifs is 6. The summed E-state index contributed by atoms with van der Waals surface area (Å²) in [7, 11) is 3.35. The van der Waals surface area contributed by atoms with Gasteiger partial charge in [0.15, 0.2) is 0 Å². The summed E-state index contributed by atoms with van der Waals surface area (Å²) in [5.41, 5.74) is 6.96. The summed E-state index contributed by atoms with van der Waals surface area (Å²) in [5, 5.41) is 3.78. The van der Waals surface area contributed by atoms with Crippen LogP contribution in [0.1, 0.15) is 22.8 Å². The molecule has 0 atom stereocenters. The van der Waals surface area contributed by atoms with E-state index in [1.54, 1.807) is 14.2 Å². The highest BCUT2D eigenvalue weighted by Gasteiger charge is 2.15. The summed E-state index contributed by atoms with van der Waals surface area (Å²) in [6, 6.07) is 18.1. The van der Waals surface area contributed by atoms with Crippen LogP contribution in [0, 0.1) is 20.8 Å². The molecule has 0 aliphatic carbocycles. The molecule has 0 amide bonds. The molecule has 6 rings (SSSR count). The number of rotatable bonds is 6. The highest BCUT2D eigenvalue weighted by atomic mass is 16.5. The van der Waals surface area contributed by atoms with Gasteiger partial charge in [0.1, 0.15) is 33.8 Å². The first-order valence-electron chi connectivity index (χ1n) is 12.6. The average molecular weight is 505 g/mol. The van der Waals surface area contributed by atoms with Gasteiger partial charge in [-0.05, 0) is 57.2 Å². The second-order valence-electron chi connectivity index (χ2n) is 9.49. The lowest BCUT2D eigenvalue weighted by atomic mass is 10.1. The van der Waals surface area contributed by atoms with E-state index in [1.807, 2.05) is 63.2 Å². The Kier molecular flexibility index (Phi) is 5.91. The average Bonchev–Trinajstić information content (AvgIpc) is 2.92. The predicted molar refractivity (Wildman–Crippen MR) is 151 cm³/mol. The van der Waals surface area contributed by atoms with Gasteiger partial charge < -0.3 is 14.2 Å². The summed E-state index contributed by atoms with van der Waals surface area (Å²) in [5.74, 6) is 2.32. The Labute approximate surface area is 220 Å². The van der Waals surface area contributed by atoms with Crippen molar-refractivity contribution in [1.82, 2.24) is 19.9 Å². The number of aryl methyl sites for hydroxylation is 3. The number of aromatic nitrogens is 4. The van der Waals surface area contributed by atoms with Gasteiger partial charge in [-0.2, -0.15) is 0 Å². The molecule has 0 radical (unpaired) electrons. The van der Waals surface area contributed by atoms with E-state index in [2.05, 4.69) is 12.1 Å². The van der Waals surface area contributed by atoms with E-state index in [0.717, 1.165) is 83.6 Å². The molecule has 38 heavy (non-hydrogen) atoms. The molecule has 0 unspecified atom stereocenters. The maximum atomic E-state index is 6.35. The first kappa shape index (κ1) is 23.9. The largest absolute Gasteiger partial charge is 0.496 e. The molecular weight excluding hydrogens is 476 g/mol. The van der Waals surface area contributed by atoms with Crippen LogP contribution in [0.25, 0.3) is 43.6 Å². The quantitative estimate of drug-likeness (QED) is 0.241. The van der Waals surface area contributed by atoms with Crippen molar-refractivity contribution in [1.29, 1.82) is 0 Å². The number of benzene rings is 2. The van der Waals surface area contributed by atoms with Crippen molar-refractivity contribution in [2.45, 2.75) is 27.2 Å². The van der Waals surface area contributed by atoms with Crippen LogP contribution >= 0.6 is 0 Å². The van der Waals surface area contributed by atoms with Gasteiger partial charge >= 0.3 is 0 Å². The molecule has 7 nitrogen and oxygen atoms in total. The lowest BCUT2D eigenvalue weighted by Gasteiger charge is -2.14. The normalized spacial score (nSPS) is 11.5. The predicted octanol–water partition coefficient (Wildman–Crippen LogP) is 6.44. The Morgan fingerprint density at radius 1 is 0.553 bits per heavy atom. The smallest absolute Gasteiger partial charge is 0.130 e. The van der Waals surface area contributed by atoms with Crippen molar-refractivity contribution in [2.75, 3.05) is 20.8 Å². The summed E-state index contributed by atoms with van der Waals surface area (Å²) < 4.78 is 17.7. The topological polar surface area (TPSA) is 79.2 Å². The van der Waals surface area contributed by atoms with Crippen LogP contribution in [0.15, 0.2) is 54.6 Å². The van der Waals surface area contributed by atoms with Crippen LogP contribution in [0.3, 0.4) is 0 Å². The summed E-state index contributed by atoms with van der Waals surface area (Å²) in [4.78, 5) is 19.3. The van der Waals surface area contributed by atoms with Gasteiger partial charge in [0.25, 0.3) is 0 Å². The number of ether oxygens (including phenoxy) is 3. The number of hydrogen-bond donors (Lipinski definition) is 0. The third-order valence-electron chi connectivity index (χ3n) is 6.80. The van der Waals surface area contributed by atoms with E-state index >= 15 is 0 Å². The molecule has 0 bridgehead atoms. The minimum absolute atomic E-state index is 0.440. The highest BCUT2D eigenvalue weighted by Crippen LogP contribution is 2.35. The first-order valence-corrected chi connectivity index (χ1v) is 12.6. The molecule has 190 valence electrons. The monoisotopic (exact) mass is 504 g/mol. The molecule has 4 heterocycles. The zero-order chi connectivity index (χ0) is 26.4. The van der Waals surface area contributed by atoms with Crippen molar-refractivity contribution >= 4 is 43.6 Å². The third-order valence-corrected chi connectivity index (χ3v) is 6.80. The van der Waals surface area contributed by atoms with Crippen LogP contribution in [0.5, 0.6) is 17.2 Å². The van der Waals surface area contributed by atoms with E-state index in [4.69, 9.17) is 34.1 Å². The zero-order valence-electron chi connectivity index (χ0n) is 22.1. The third kappa shape index (κ3) is 4.10. The molecule has 0 spiro atoms. The fourth-order valence-corrected chi connectivity index (χ4v) is 4.96. The van der Waals surface area contributed by atoms with Gasteiger partial charge in [0.2, 0.25) is 0 Å². The molecule has 0 aliphatic rings. The lowest BCUT2D eigenvalue weighted by molar-refractivity contribution is 0.324. The van der Waals surface area contributed by atoms with Gasteiger partial charge in [0, 0.05) is 62.9 Å². The standard InChI is InChI=1S/C31H28N4O3/c1-17-6-8-20-15-27(24-9-7-18(2)33-29(24)28(20)32-17)38-13-12-21-16-26(37-5)23-11-10-22-25(36-4)14-19(3)34-30(22)31(23)35-21/h6-11,14-16H,12-13H2,1-5H3. The number of hydrogen-bond acceptors (Lipinski definition) is 7. The van der Waals surface area contributed by atoms with Gasteiger partial charge in [0.05, 0.1) is 26.3 Å². The van der Waals surface area contributed by atoms with E-state index in [0.29, 0.717) is 13.0 Å². The van der Waals surface area contributed by atoms with E-state index in [-0.39, 0.29) is 0 Å². The van der Waals surface area contributed by atoms with Gasteiger partial charge in [-0.25, -0.2) is 0 Å². The maximum Gasteiger partial charge on any atom is 0.130 e. The van der Waals surface area contributed by atoms with Crippen molar-refractivity contribution < 1.29 is 14.2 Å². The summed E-state index contributed by atoms with van der Waals surface area (Å²) >= 11 is 0. The van der Waals surface area contributed by atoms with Crippen LogP contribution in [-0.2, 0) is 6.42 Å². The van der Waals surface area contributed by atoms with E-state index in [1.165, 1.54) is 0 Å². The minimum atomic E-state index is 0.440. The highest BCUT2D eigenvalue weighted by molar-refractivity contribution is 6.07. The Morgan fingerprint density at radius 2 is 1.11 bits per heavy atom. The lowest BCUT2D eigenvalue weighted by Crippen LogP contribution is -2.05. The second-order valence-corrected chi connectivity index (χ2v) is 9.49. The fourth-order valence-electron chi connectivity index (χ4n) is 4.96. The first-order chi connectivity index (χ1) is 18.4. The second kappa shape index (κ2) is 9.41. The number of nitrogens with zero attached hydrogens (tertiary/aromatic N) is 4. The van der Waals surface area contributed by atoms with E-state index in [9.17, 15) is 0 Å². The van der Waals surface area contributed by atoms with Crippen molar-refractivity contribution in [3.63, 3.8) is 0 Å². The maximum absolute atomic E-state index is 6.35. The Hall–Kier alpha value is -4.52. The molecule has 0 N–H and O–H groups in total. The van der Waals surface area contributed by atoms with Crippen LogP contribution in [-0.4, -0.2) is 40.8 Å². The van der Waals surface area contributed by atoms with Gasteiger partial charge in [-0.15, -0.1) is 0 Å². The zero-order valence-corrected chi connectivity index (χ0v) is 22.1. The SMILES string of the molecule is COc1cc(C)nc2c1ccc1c(OC)cc(CCOc3cc4ccc(C)nc4c4nc(C)ccc34)nc12. The van der Waals surface area contributed by atoms with Crippen molar-refractivity contribution in [3.05, 3.63) is 77.4 Å². The van der Waals surface area contributed by atoms with E-state index < -0.39 is 0 Å². The Bertz CT molecular complexity index is 1870. The molecule has 6 aromatic rings. The van der Waals surface area contributed by atoms with Crippen LogP contribution in [0.2, 0.25) is 0 Å². The fraction of sp³-hybridized carbons (Fsp3) is 0.226. The van der Waals surface area contributed by atoms with Crippen molar-refractivity contribution in [2.24, 2.45) is 0 Å². The Balaban J connectivity index is 1.38.